The zero-order valence-corrected chi connectivity index (χ0v) is 12.3. The van der Waals surface area contributed by atoms with Crippen molar-refractivity contribution in [1.82, 2.24) is 0 Å². The molecule has 0 unspecified atom stereocenters. The fourth-order valence-electron chi connectivity index (χ4n) is 0.109. The quantitative estimate of drug-likeness (QED) is 0.415. The molecule has 11 heavy (non-hydrogen) atoms. The first kappa shape index (κ1) is 15.2. The Morgan fingerprint density at radius 2 is 1.55 bits per heavy atom. The zero-order chi connectivity index (χ0) is 8.58. The predicted molar refractivity (Wildman–Crippen MR) is 20.6 cm³/mol. The second-order valence-electron chi connectivity index (χ2n) is 1.32. The van der Waals surface area contributed by atoms with Crippen molar-refractivity contribution in [2.75, 3.05) is 0 Å². The second-order valence-corrected chi connectivity index (χ2v) is 2.77. The van der Waals surface area contributed by atoms with Crippen molar-refractivity contribution in [3.8, 4) is 0 Å². The normalized spacial score (nSPS) is 12.9. The van der Waals surface area contributed by atoms with Crippen LogP contribution in [0, 0.1) is 0 Å². The van der Waals surface area contributed by atoms with Gasteiger partial charge in [0, 0.05) is 0 Å². The number of hydrogen-bond acceptors (Lipinski definition) is 3. The molecule has 0 N–H and O–H groups in total. The van der Waals surface area contributed by atoms with Crippen molar-refractivity contribution in [3.05, 3.63) is 0 Å². The monoisotopic (exact) mass is 314 g/mol. The summed E-state index contributed by atoms with van der Waals surface area (Å²) >= 11 is 0. The van der Waals surface area contributed by atoms with Crippen molar-refractivity contribution < 1.29 is 99.4 Å². The maximum absolute atomic E-state index is 11.4. The SMILES string of the molecule is O=S(=O)([O-])C(F)(F)C(F)F.[Cs+]. The van der Waals surface area contributed by atoms with Gasteiger partial charge in [0.25, 0.3) is 0 Å². The summed E-state index contributed by atoms with van der Waals surface area (Å²) in [5.41, 5.74) is 0. The maximum Gasteiger partial charge on any atom is 1.00 e. The largest absolute Gasteiger partial charge is 1.00 e. The number of halogens is 4. The van der Waals surface area contributed by atoms with E-state index < -0.39 is 21.8 Å². The van der Waals surface area contributed by atoms with Crippen molar-refractivity contribution in [2.24, 2.45) is 0 Å². The summed E-state index contributed by atoms with van der Waals surface area (Å²) in [7, 11) is -6.23. The van der Waals surface area contributed by atoms with Crippen LogP contribution in [0.5, 0.6) is 0 Å². The second kappa shape index (κ2) is 4.79. The molecule has 9 heteroatoms. The van der Waals surface area contributed by atoms with E-state index >= 15 is 0 Å². The van der Waals surface area contributed by atoms with E-state index in [9.17, 15) is 30.5 Å². The van der Waals surface area contributed by atoms with Gasteiger partial charge >= 0.3 is 80.6 Å². The van der Waals surface area contributed by atoms with Crippen LogP contribution in [0.25, 0.3) is 0 Å². The van der Waals surface area contributed by atoms with Crippen LogP contribution in [-0.4, -0.2) is 24.7 Å². The topological polar surface area (TPSA) is 57.2 Å². The van der Waals surface area contributed by atoms with Gasteiger partial charge in [0.2, 0.25) is 0 Å². The van der Waals surface area contributed by atoms with Gasteiger partial charge in [0.15, 0.2) is 10.1 Å². The molecule has 0 atom stereocenters. The third kappa shape index (κ3) is 3.94. The molecule has 0 aliphatic carbocycles. The molecular weight excluding hydrogens is 313 g/mol. The minimum Gasteiger partial charge on any atom is -0.743 e. The molecule has 0 spiro atoms. The Balaban J connectivity index is 0. The molecule has 0 radical (unpaired) electrons. The molecule has 0 rings (SSSR count). The smallest absolute Gasteiger partial charge is 0.743 e. The molecule has 0 bridgehead atoms. The Hall–Kier alpha value is 1.68. The van der Waals surface area contributed by atoms with Gasteiger partial charge in [-0.15, -0.1) is 0 Å². The summed E-state index contributed by atoms with van der Waals surface area (Å²) < 4.78 is 72.7. The van der Waals surface area contributed by atoms with Crippen LogP contribution in [0.1, 0.15) is 0 Å². The van der Waals surface area contributed by atoms with E-state index in [0.29, 0.717) is 0 Å². The molecule has 0 saturated heterocycles. The van der Waals surface area contributed by atoms with Crippen molar-refractivity contribution >= 4 is 10.1 Å². The molecule has 3 nitrogen and oxygen atoms in total. The average molecular weight is 314 g/mol. The van der Waals surface area contributed by atoms with Crippen LogP contribution in [0.15, 0.2) is 0 Å². The standard InChI is InChI=1S/C2H2F4O3S.Cs/c3-1(4)2(5,6)10(7,8)9;/h1H,(H,7,8,9);/q;+1/p-1. The van der Waals surface area contributed by atoms with E-state index in [-0.39, 0.29) is 68.9 Å². The van der Waals surface area contributed by atoms with Gasteiger partial charge < -0.3 is 4.55 Å². The molecule has 0 fully saturated rings. The van der Waals surface area contributed by atoms with Gasteiger partial charge in [-0.1, -0.05) is 0 Å². The first-order valence-corrected chi connectivity index (χ1v) is 3.22. The first-order valence-electron chi connectivity index (χ1n) is 1.81. The van der Waals surface area contributed by atoms with Crippen LogP contribution in [-0.2, 0) is 10.1 Å². The molecule has 0 aliphatic rings. The summed E-state index contributed by atoms with van der Waals surface area (Å²) in [5.74, 6) is 0. The first-order chi connectivity index (χ1) is 4.19. The van der Waals surface area contributed by atoms with Gasteiger partial charge in [-0.2, -0.15) is 8.78 Å². The Morgan fingerprint density at radius 3 is 1.55 bits per heavy atom. The maximum atomic E-state index is 11.4. The van der Waals surface area contributed by atoms with Gasteiger partial charge in [-0.25, -0.2) is 17.2 Å². The van der Waals surface area contributed by atoms with Crippen LogP contribution in [0.3, 0.4) is 0 Å². The van der Waals surface area contributed by atoms with E-state index in [2.05, 4.69) is 0 Å². The molecule has 0 aromatic rings. The molecule has 62 valence electrons. The van der Waals surface area contributed by atoms with Gasteiger partial charge in [0.1, 0.15) is 0 Å². The number of alkyl halides is 4. The average Bonchev–Trinajstić information content (AvgIpc) is 1.62. The predicted octanol–water partition coefficient (Wildman–Crippen LogP) is -2.61. The van der Waals surface area contributed by atoms with Crippen molar-refractivity contribution in [2.45, 2.75) is 11.7 Å². The summed E-state index contributed by atoms with van der Waals surface area (Å²) in [6.45, 7) is 0. The third-order valence-electron chi connectivity index (χ3n) is 0.587. The van der Waals surface area contributed by atoms with Gasteiger partial charge in [-0.05, 0) is 0 Å². The fourth-order valence-corrected chi connectivity index (χ4v) is 0.327. The van der Waals surface area contributed by atoms with Crippen molar-refractivity contribution in [1.29, 1.82) is 0 Å². The van der Waals surface area contributed by atoms with Crippen LogP contribution < -0.4 is 68.9 Å². The Bertz CT molecular complexity index is 211. The summed E-state index contributed by atoms with van der Waals surface area (Å²) in [6.07, 6.45) is -4.48. The van der Waals surface area contributed by atoms with E-state index in [4.69, 9.17) is 0 Å². The zero-order valence-electron chi connectivity index (χ0n) is 5.22. The van der Waals surface area contributed by atoms with E-state index in [1.165, 1.54) is 0 Å². The van der Waals surface area contributed by atoms with Gasteiger partial charge in [0.05, 0.1) is 0 Å². The third-order valence-corrected chi connectivity index (χ3v) is 1.43. The number of rotatable bonds is 2. The minimum atomic E-state index is -6.23. The van der Waals surface area contributed by atoms with Crippen LogP contribution in [0.2, 0.25) is 0 Å². The molecule has 0 aromatic heterocycles. The van der Waals surface area contributed by atoms with Gasteiger partial charge in [-0.3, -0.25) is 0 Å². The molecule has 0 heterocycles. The fraction of sp³-hybridized carbons (Fsp3) is 1.00. The Kier molecular flexibility index (Phi) is 6.60. The van der Waals surface area contributed by atoms with Crippen LogP contribution in [0.4, 0.5) is 17.6 Å². The minimum absolute atomic E-state index is 0. The van der Waals surface area contributed by atoms with Crippen molar-refractivity contribution in [3.63, 3.8) is 0 Å². The van der Waals surface area contributed by atoms with E-state index in [0.717, 1.165) is 0 Å². The van der Waals surface area contributed by atoms with E-state index in [1.54, 1.807) is 0 Å². The Labute approximate surface area is 119 Å². The molecule has 0 aromatic carbocycles. The molecular formula is C2HCsF4O3S. The molecule has 0 aliphatic heterocycles. The molecule has 0 saturated carbocycles. The summed E-state index contributed by atoms with van der Waals surface area (Å²) in [6, 6.07) is 0. The summed E-state index contributed by atoms with van der Waals surface area (Å²) in [4.78, 5) is 0. The Morgan fingerprint density at radius 1 is 1.27 bits per heavy atom. The van der Waals surface area contributed by atoms with Crippen LogP contribution >= 0.6 is 0 Å². The van der Waals surface area contributed by atoms with E-state index in [1.807, 2.05) is 0 Å². The summed E-state index contributed by atoms with van der Waals surface area (Å²) in [5, 5.41) is -5.48. The number of hydrogen-bond donors (Lipinski definition) is 0. The molecule has 0 amide bonds.